The highest BCUT2D eigenvalue weighted by Gasteiger charge is 2.30. The van der Waals surface area contributed by atoms with E-state index in [2.05, 4.69) is 15.9 Å². The Morgan fingerprint density at radius 2 is 2.06 bits per heavy atom. The van der Waals surface area contributed by atoms with Crippen molar-refractivity contribution in [3.63, 3.8) is 0 Å². The quantitative estimate of drug-likeness (QED) is 0.611. The molecule has 0 saturated carbocycles. The van der Waals surface area contributed by atoms with E-state index < -0.39 is 5.51 Å². The second-order valence-electron chi connectivity index (χ2n) is 3.50. The van der Waals surface area contributed by atoms with Gasteiger partial charge in [-0.25, -0.2) is 0 Å². The highest BCUT2D eigenvalue weighted by molar-refractivity contribution is 9.09. The first-order valence-electron chi connectivity index (χ1n) is 4.75. The molecule has 0 bridgehead atoms. The molecule has 0 atom stereocenters. The summed E-state index contributed by atoms with van der Waals surface area (Å²) in [6.45, 7) is 1.62. The standard InChI is InChI=1S/C11H10BrF3OS/c1-7-2-3-8(4-9(16)6-12)5-10(7)17-11(13,14)15/h2-3,5H,4,6H2,1H3. The summed E-state index contributed by atoms with van der Waals surface area (Å²) in [5.41, 5.74) is -3.14. The Morgan fingerprint density at radius 3 is 2.59 bits per heavy atom. The van der Waals surface area contributed by atoms with E-state index in [1.165, 1.54) is 6.07 Å². The number of thioether (sulfide) groups is 1. The lowest BCUT2D eigenvalue weighted by molar-refractivity contribution is -0.115. The summed E-state index contributed by atoms with van der Waals surface area (Å²) < 4.78 is 36.8. The van der Waals surface area contributed by atoms with Gasteiger partial charge in [-0.2, -0.15) is 13.2 Å². The zero-order valence-electron chi connectivity index (χ0n) is 8.97. The van der Waals surface area contributed by atoms with E-state index in [9.17, 15) is 18.0 Å². The summed E-state index contributed by atoms with van der Waals surface area (Å²) in [5, 5.41) is 0.211. The molecule has 1 aromatic rings. The molecule has 0 saturated heterocycles. The molecule has 0 aliphatic heterocycles. The average molecular weight is 327 g/mol. The predicted molar refractivity (Wildman–Crippen MR) is 65.6 cm³/mol. The van der Waals surface area contributed by atoms with Crippen LogP contribution < -0.4 is 0 Å². The molecule has 0 aromatic heterocycles. The van der Waals surface area contributed by atoms with E-state index in [1.54, 1.807) is 19.1 Å². The molecule has 0 N–H and O–H groups in total. The maximum absolute atomic E-state index is 12.3. The molecule has 0 radical (unpaired) electrons. The Kier molecular flexibility index (Phi) is 5.06. The highest BCUT2D eigenvalue weighted by Crippen LogP contribution is 2.38. The van der Waals surface area contributed by atoms with Crippen molar-refractivity contribution >= 4 is 33.5 Å². The summed E-state index contributed by atoms with van der Waals surface area (Å²) in [5.74, 6) is -0.0585. The average Bonchev–Trinajstić information content (AvgIpc) is 2.21. The number of alkyl halides is 4. The van der Waals surface area contributed by atoms with Crippen LogP contribution >= 0.6 is 27.7 Å². The van der Waals surface area contributed by atoms with E-state index >= 15 is 0 Å². The van der Waals surface area contributed by atoms with Gasteiger partial charge >= 0.3 is 5.51 Å². The van der Waals surface area contributed by atoms with Crippen molar-refractivity contribution in [1.29, 1.82) is 0 Å². The van der Waals surface area contributed by atoms with E-state index in [4.69, 9.17) is 0 Å². The first-order chi connectivity index (χ1) is 7.81. The van der Waals surface area contributed by atoms with Gasteiger partial charge in [0, 0.05) is 11.3 Å². The lowest BCUT2D eigenvalue weighted by Crippen LogP contribution is -2.05. The van der Waals surface area contributed by atoms with Crippen LogP contribution in [0.1, 0.15) is 11.1 Å². The summed E-state index contributed by atoms with van der Waals surface area (Å²) in [7, 11) is 0. The van der Waals surface area contributed by atoms with Gasteiger partial charge in [-0.1, -0.05) is 28.1 Å². The van der Waals surface area contributed by atoms with Gasteiger partial charge in [0.15, 0.2) is 0 Å². The number of carbonyl (C=O) groups is 1. The van der Waals surface area contributed by atoms with Crippen molar-refractivity contribution < 1.29 is 18.0 Å². The minimum Gasteiger partial charge on any atom is -0.298 e. The molecule has 0 heterocycles. The fourth-order valence-corrected chi connectivity index (χ4v) is 2.15. The fourth-order valence-electron chi connectivity index (χ4n) is 1.26. The molecule has 0 spiro atoms. The Morgan fingerprint density at radius 1 is 1.41 bits per heavy atom. The third-order valence-corrected chi connectivity index (χ3v) is 3.55. The molecule has 0 unspecified atom stereocenters. The third kappa shape index (κ3) is 5.12. The number of hydrogen-bond donors (Lipinski definition) is 0. The summed E-state index contributed by atoms with van der Waals surface area (Å²) >= 11 is 2.87. The van der Waals surface area contributed by atoms with E-state index in [-0.39, 0.29) is 34.2 Å². The van der Waals surface area contributed by atoms with Crippen molar-refractivity contribution in [2.45, 2.75) is 23.7 Å². The largest absolute Gasteiger partial charge is 0.446 e. The summed E-state index contributed by atoms with van der Waals surface area (Å²) in [4.78, 5) is 11.3. The molecule has 1 aromatic carbocycles. The summed E-state index contributed by atoms with van der Waals surface area (Å²) in [6, 6.07) is 4.70. The molecule has 0 aliphatic carbocycles. The maximum Gasteiger partial charge on any atom is 0.446 e. The second-order valence-corrected chi connectivity index (χ2v) is 5.16. The number of rotatable bonds is 4. The van der Waals surface area contributed by atoms with E-state index in [0.29, 0.717) is 11.1 Å². The first-order valence-corrected chi connectivity index (χ1v) is 6.68. The predicted octanol–water partition coefficient (Wildman–Crippen LogP) is 4.11. The molecule has 0 aliphatic rings. The number of halogens is 4. The number of carbonyl (C=O) groups excluding carboxylic acids is 1. The zero-order valence-corrected chi connectivity index (χ0v) is 11.4. The normalized spacial score (nSPS) is 11.6. The minimum atomic E-state index is -4.30. The molecule has 17 heavy (non-hydrogen) atoms. The Bertz CT molecular complexity index is 418. The minimum absolute atomic E-state index is 0.0585. The van der Waals surface area contributed by atoms with Gasteiger partial charge in [-0.15, -0.1) is 0 Å². The van der Waals surface area contributed by atoms with E-state index in [0.717, 1.165) is 0 Å². The van der Waals surface area contributed by atoms with Crippen molar-refractivity contribution in [1.82, 2.24) is 0 Å². The molecule has 0 amide bonds. The molecule has 94 valence electrons. The zero-order chi connectivity index (χ0) is 13.1. The van der Waals surface area contributed by atoms with Gasteiger partial charge in [0.05, 0.1) is 5.33 Å². The third-order valence-electron chi connectivity index (χ3n) is 2.03. The number of aryl methyl sites for hydroxylation is 1. The van der Waals surface area contributed by atoms with Crippen molar-refractivity contribution in [3.8, 4) is 0 Å². The lowest BCUT2D eigenvalue weighted by Gasteiger charge is -2.10. The van der Waals surface area contributed by atoms with Crippen molar-refractivity contribution in [2.24, 2.45) is 0 Å². The van der Waals surface area contributed by atoms with Crippen molar-refractivity contribution in [2.75, 3.05) is 5.33 Å². The van der Waals surface area contributed by atoms with Gasteiger partial charge in [0.25, 0.3) is 0 Å². The van der Waals surface area contributed by atoms with Gasteiger partial charge < -0.3 is 0 Å². The van der Waals surface area contributed by atoms with Crippen LogP contribution in [0.2, 0.25) is 0 Å². The maximum atomic E-state index is 12.3. The van der Waals surface area contributed by atoms with Gasteiger partial charge in [-0.3, -0.25) is 4.79 Å². The first kappa shape index (κ1) is 14.6. The van der Waals surface area contributed by atoms with Gasteiger partial charge in [0.2, 0.25) is 0 Å². The topological polar surface area (TPSA) is 17.1 Å². The monoisotopic (exact) mass is 326 g/mol. The van der Waals surface area contributed by atoms with Gasteiger partial charge in [0.1, 0.15) is 5.78 Å². The van der Waals surface area contributed by atoms with Crippen LogP contribution in [-0.4, -0.2) is 16.6 Å². The fraction of sp³-hybridized carbons (Fsp3) is 0.364. The summed E-state index contributed by atoms with van der Waals surface area (Å²) in [6.07, 6.45) is 0.150. The Hall–Kier alpha value is -0.490. The van der Waals surface area contributed by atoms with Gasteiger partial charge in [-0.05, 0) is 35.9 Å². The van der Waals surface area contributed by atoms with Crippen LogP contribution in [0.25, 0.3) is 0 Å². The van der Waals surface area contributed by atoms with Crippen LogP contribution in [0.3, 0.4) is 0 Å². The molecule has 1 nitrogen and oxygen atoms in total. The number of Topliss-reactive ketones (excluding diaryl/α,β-unsaturated/α-hetero) is 1. The Labute approximate surface area is 110 Å². The van der Waals surface area contributed by atoms with E-state index in [1.807, 2.05) is 0 Å². The molecule has 1 rings (SSSR count). The Balaban J connectivity index is 2.90. The lowest BCUT2D eigenvalue weighted by atomic mass is 10.1. The highest BCUT2D eigenvalue weighted by atomic mass is 79.9. The molecular formula is C11H10BrF3OS. The van der Waals surface area contributed by atoms with Crippen LogP contribution in [-0.2, 0) is 11.2 Å². The SMILES string of the molecule is Cc1ccc(CC(=O)CBr)cc1SC(F)(F)F. The second kappa shape index (κ2) is 5.91. The smallest absolute Gasteiger partial charge is 0.298 e. The molecular weight excluding hydrogens is 317 g/mol. The van der Waals surface area contributed by atoms with Crippen molar-refractivity contribution in [3.05, 3.63) is 29.3 Å². The molecule has 6 heteroatoms. The van der Waals surface area contributed by atoms with Crippen LogP contribution in [0, 0.1) is 6.92 Å². The molecule has 0 fully saturated rings. The number of ketones is 1. The van der Waals surface area contributed by atoms with Crippen LogP contribution in [0.4, 0.5) is 13.2 Å². The number of benzene rings is 1. The van der Waals surface area contributed by atoms with Crippen LogP contribution in [0.15, 0.2) is 23.1 Å². The van der Waals surface area contributed by atoms with Crippen LogP contribution in [0.5, 0.6) is 0 Å². The number of hydrogen-bond acceptors (Lipinski definition) is 2.